The summed E-state index contributed by atoms with van der Waals surface area (Å²) in [7, 11) is 0. The van der Waals surface area contributed by atoms with Crippen LogP contribution in [0.2, 0.25) is 0 Å². The highest BCUT2D eigenvalue weighted by Gasteiger charge is 2.63. The molecule has 0 saturated heterocycles. The maximum Gasteiger partial charge on any atom is 0.190 e. The van der Waals surface area contributed by atoms with Gasteiger partial charge in [0.05, 0.1) is 11.0 Å². The van der Waals surface area contributed by atoms with E-state index in [1.807, 2.05) is 40.7 Å². The standard InChI is InChI=1S/C35H38O3/c1-19(2)24-11-13-25(14-12-24)26-15-10-20(3)29-27(26)17-33(7)18-34(8)16-21(4)28(23(6)36)32(38)35(34,9)22(5)30(33)31(29)37/h10-15H,1,16-18H2,2-9H3/t33-,34+,35+/m1/s1. The molecule has 2 aromatic carbocycles. The summed E-state index contributed by atoms with van der Waals surface area (Å²) in [6.45, 7) is 19.8. The van der Waals surface area contributed by atoms with Crippen molar-refractivity contribution < 1.29 is 14.4 Å². The molecule has 0 aliphatic heterocycles. The summed E-state index contributed by atoms with van der Waals surface area (Å²) in [5.41, 5.74) is 8.29. The van der Waals surface area contributed by atoms with Crippen molar-refractivity contribution in [2.75, 3.05) is 0 Å². The fourth-order valence-corrected chi connectivity index (χ4v) is 8.12. The third kappa shape index (κ3) is 3.37. The molecule has 3 aliphatic carbocycles. The van der Waals surface area contributed by atoms with Gasteiger partial charge in [0.15, 0.2) is 17.3 Å². The molecule has 38 heavy (non-hydrogen) atoms. The van der Waals surface area contributed by atoms with Gasteiger partial charge in [0.2, 0.25) is 0 Å². The summed E-state index contributed by atoms with van der Waals surface area (Å²) >= 11 is 0. The van der Waals surface area contributed by atoms with Crippen LogP contribution in [0.25, 0.3) is 16.7 Å². The van der Waals surface area contributed by atoms with E-state index in [1.54, 1.807) is 0 Å². The minimum atomic E-state index is -0.889. The lowest BCUT2D eigenvalue weighted by molar-refractivity contribution is -0.134. The topological polar surface area (TPSA) is 51.2 Å². The molecule has 0 amide bonds. The summed E-state index contributed by atoms with van der Waals surface area (Å²) in [6.07, 6.45) is 2.13. The van der Waals surface area contributed by atoms with Crippen molar-refractivity contribution in [1.29, 1.82) is 0 Å². The molecule has 196 valence electrons. The number of carbonyl (C=O) groups is 3. The number of fused-ring (bicyclic) bond motifs is 3. The SMILES string of the molecule is C=C(C)c1ccc(-c2ccc(C)c3c2C[C@]2(C)C[C@]4(C)CC(C)=C(C(C)=O)C(=O)[C@]4(C)C(C)=C2C3=O)cc1. The predicted octanol–water partition coefficient (Wildman–Crippen LogP) is 8.05. The molecule has 0 N–H and O–H groups in total. The lowest BCUT2D eigenvalue weighted by Crippen LogP contribution is -2.57. The number of hydrogen-bond acceptors (Lipinski definition) is 3. The Labute approximate surface area is 226 Å². The average Bonchev–Trinajstić information content (AvgIpc) is 2.81. The van der Waals surface area contributed by atoms with Crippen molar-refractivity contribution >= 4 is 22.9 Å². The maximum atomic E-state index is 14.5. The van der Waals surface area contributed by atoms with Gasteiger partial charge in [0.25, 0.3) is 0 Å². The summed E-state index contributed by atoms with van der Waals surface area (Å²) in [4.78, 5) is 41.0. The van der Waals surface area contributed by atoms with E-state index in [1.165, 1.54) is 6.92 Å². The number of benzene rings is 2. The van der Waals surface area contributed by atoms with Gasteiger partial charge in [-0.15, -0.1) is 0 Å². The zero-order valence-electron chi connectivity index (χ0n) is 24.0. The molecule has 3 heteroatoms. The summed E-state index contributed by atoms with van der Waals surface area (Å²) in [5.74, 6) is -0.263. The largest absolute Gasteiger partial charge is 0.294 e. The van der Waals surface area contributed by atoms with Crippen molar-refractivity contribution in [3.63, 3.8) is 0 Å². The first-order valence-corrected chi connectivity index (χ1v) is 13.6. The fraction of sp³-hybridized carbons (Fsp3) is 0.400. The van der Waals surface area contributed by atoms with Gasteiger partial charge < -0.3 is 0 Å². The first-order valence-electron chi connectivity index (χ1n) is 13.6. The molecule has 0 unspecified atom stereocenters. The zero-order valence-corrected chi connectivity index (χ0v) is 24.0. The molecule has 0 bridgehead atoms. The van der Waals surface area contributed by atoms with Crippen molar-refractivity contribution in [3.8, 4) is 11.1 Å². The van der Waals surface area contributed by atoms with Crippen molar-refractivity contribution in [1.82, 2.24) is 0 Å². The number of Topliss-reactive ketones (excluding diaryl/α,β-unsaturated/α-hetero) is 3. The predicted molar refractivity (Wildman–Crippen MR) is 154 cm³/mol. The second kappa shape index (κ2) is 8.33. The van der Waals surface area contributed by atoms with Crippen LogP contribution in [0.15, 0.2) is 65.3 Å². The molecule has 3 aliphatic rings. The zero-order chi connectivity index (χ0) is 27.9. The molecule has 5 rings (SSSR count). The van der Waals surface area contributed by atoms with Gasteiger partial charge in [-0.2, -0.15) is 0 Å². The lowest BCUT2D eigenvalue weighted by atomic mass is 9.42. The minimum Gasteiger partial charge on any atom is -0.294 e. The van der Waals surface area contributed by atoms with Crippen LogP contribution >= 0.6 is 0 Å². The van der Waals surface area contributed by atoms with Crippen molar-refractivity contribution in [3.05, 3.63) is 87.5 Å². The molecule has 2 aromatic rings. The van der Waals surface area contributed by atoms with Crippen LogP contribution in [0.5, 0.6) is 0 Å². The number of hydrogen-bond donors (Lipinski definition) is 0. The van der Waals surface area contributed by atoms with Crippen LogP contribution in [-0.4, -0.2) is 17.3 Å². The van der Waals surface area contributed by atoms with Gasteiger partial charge in [0.1, 0.15) is 0 Å². The highest BCUT2D eigenvalue weighted by molar-refractivity contribution is 6.24. The van der Waals surface area contributed by atoms with E-state index in [4.69, 9.17) is 0 Å². The van der Waals surface area contributed by atoms with Crippen LogP contribution in [0, 0.1) is 23.2 Å². The van der Waals surface area contributed by atoms with E-state index in [-0.39, 0.29) is 22.8 Å². The van der Waals surface area contributed by atoms with Crippen molar-refractivity contribution in [2.24, 2.45) is 16.2 Å². The number of carbonyl (C=O) groups excluding carboxylic acids is 3. The van der Waals surface area contributed by atoms with Gasteiger partial charge in [-0.3, -0.25) is 14.4 Å². The molecule has 0 heterocycles. The molecule has 3 nitrogen and oxygen atoms in total. The van der Waals surface area contributed by atoms with E-state index >= 15 is 0 Å². The highest BCUT2D eigenvalue weighted by Crippen LogP contribution is 2.66. The number of ketones is 3. The van der Waals surface area contributed by atoms with Gasteiger partial charge >= 0.3 is 0 Å². The van der Waals surface area contributed by atoms with Crippen LogP contribution < -0.4 is 0 Å². The second-order valence-corrected chi connectivity index (χ2v) is 12.8. The Morgan fingerprint density at radius 2 is 1.53 bits per heavy atom. The molecular weight excluding hydrogens is 468 g/mol. The van der Waals surface area contributed by atoms with E-state index < -0.39 is 10.8 Å². The number of rotatable bonds is 3. The molecular formula is C35H38O3. The highest BCUT2D eigenvalue weighted by atomic mass is 16.2. The van der Waals surface area contributed by atoms with Crippen LogP contribution in [0.4, 0.5) is 0 Å². The smallest absolute Gasteiger partial charge is 0.190 e. The van der Waals surface area contributed by atoms with E-state index in [0.717, 1.165) is 62.1 Å². The Morgan fingerprint density at radius 1 is 0.895 bits per heavy atom. The van der Waals surface area contributed by atoms with E-state index in [2.05, 4.69) is 50.8 Å². The molecule has 0 radical (unpaired) electrons. The molecule has 0 spiro atoms. The average molecular weight is 507 g/mol. The second-order valence-electron chi connectivity index (χ2n) is 12.8. The Hall–Kier alpha value is -3.33. The molecule has 0 aromatic heterocycles. The Kier molecular flexibility index (Phi) is 5.76. The first kappa shape index (κ1) is 26.3. The molecule has 3 atom stereocenters. The lowest BCUT2D eigenvalue weighted by Gasteiger charge is -2.59. The normalized spacial score (nSPS) is 28.6. The molecule has 0 saturated carbocycles. The van der Waals surface area contributed by atoms with Crippen LogP contribution in [0.3, 0.4) is 0 Å². The quantitative estimate of drug-likeness (QED) is 0.396. The van der Waals surface area contributed by atoms with E-state index in [0.29, 0.717) is 18.4 Å². The maximum absolute atomic E-state index is 14.5. The van der Waals surface area contributed by atoms with E-state index in [9.17, 15) is 14.4 Å². The summed E-state index contributed by atoms with van der Waals surface area (Å²) in [5, 5.41) is 0. The Bertz CT molecular complexity index is 1530. The number of aryl methyl sites for hydroxylation is 1. The van der Waals surface area contributed by atoms with Crippen LogP contribution in [-0.2, 0) is 16.0 Å². The van der Waals surface area contributed by atoms with Gasteiger partial charge in [-0.25, -0.2) is 0 Å². The fourth-order valence-electron chi connectivity index (χ4n) is 8.12. The third-order valence-corrected chi connectivity index (χ3v) is 10.1. The minimum absolute atomic E-state index is 0.0379. The van der Waals surface area contributed by atoms with Gasteiger partial charge in [0, 0.05) is 16.6 Å². The van der Waals surface area contributed by atoms with Crippen molar-refractivity contribution in [2.45, 2.75) is 74.7 Å². The Morgan fingerprint density at radius 3 is 2.11 bits per heavy atom. The summed E-state index contributed by atoms with van der Waals surface area (Å²) < 4.78 is 0. The first-order chi connectivity index (χ1) is 17.7. The third-order valence-electron chi connectivity index (χ3n) is 10.1. The monoisotopic (exact) mass is 506 g/mol. The summed E-state index contributed by atoms with van der Waals surface area (Å²) in [6, 6.07) is 12.6. The van der Waals surface area contributed by atoms with Crippen LogP contribution in [0.1, 0.15) is 88.4 Å². The molecule has 0 fully saturated rings. The Balaban J connectivity index is 1.73. The van der Waals surface area contributed by atoms with Gasteiger partial charge in [-0.05, 0) is 94.0 Å². The van der Waals surface area contributed by atoms with Gasteiger partial charge in [-0.1, -0.05) is 73.5 Å². The number of allylic oxidation sites excluding steroid dienone is 5.